The molecule has 3 nitrogen and oxygen atoms in total. The maximum atomic E-state index is 9.52. The molecule has 34 valence electrons. The highest BCUT2D eigenvalue weighted by Crippen LogP contribution is 1.76. The monoisotopic (exact) mass is 106 g/mol. The zero-order chi connectivity index (χ0) is 3.86. The van der Waals surface area contributed by atoms with Crippen LogP contribution in [0.15, 0.2) is 9.21 Å². The van der Waals surface area contributed by atoms with Gasteiger partial charge in [-0.1, -0.05) is 0 Å². The first-order valence-electron chi connectivity index (χ1n) is 1.07. The summed E-state index contributed by atoms with van der Waals surface area (Å²) in [5.74, 6) is 0. The van der Waals surface area contributed by atoms with Crippen molar-refractivity contribution in [2.24, 2.45) is 0 Å². The average Bonchev–Trinajstić information content (AvgIpc) is 1.79. The highest BCUT2D eigenvalue weighted by molar-refractivity contribution is 7.71. The first kappa shape index (κ1) is 5.52. The molecule has 0 aliphatic heterocycles. The van der Waals surface area contributed by atoms with E-state index in [2.05, 4.69) is 16.6 Å². The molecule has 1 heterocycles. The Hall–Kier alpha value is -0.480. The summed E-state index contributed by atoms with van der Waals surface area (Å²) in [4.78, 5) is 9.52. The minimum atomic E-state index is -0.347. The standard InChI is InChI=1S/C2O2S.H2O/c3-1-2(5)4-1;/h;1H2. The smallest absolute Gasteiger partial charge is 0.392 e. The van der Waals surface area contributed by atoms with Gasteiger partial charge in [-0.25, -0.2) is 4.79 Å². The maximum Gasteiger partial charge on any atom is 0.392 e. The van der Waals surface area contributed by atoms with Crippen LogP contribution in [0.1, 0.15) is 0 Å². The molecular weight excluding hydrogens is 104 g/mol. The molecule has 0 fully saturated rings. The molecule has 0 aliphatic carbocycles. The number of hydrogen-bond acceptors (Lipinski definition) is 3. The first-order chi connectivity index (χ1) is 2.30. The van der Waals surface area contributed by atoms with Crippen molar-refractivity contribution in [1.82, 2.24) is 0 Å². The Labute approximate surface area is 38.2 Å². The Morgan fingerprint density at radius 2 is 1.83 bits per heavy atom. The zero-order valence-corrected chi connectivity index (χ0v) is 3.54. The van der Waals surface area contributed by atoms with Gasteiger partial charge in [0.1, 0.15) is 0 Å². The quantitative estimate of drug-likeness (QED) is 0.416. The van der Waals surface area contributed by atoms with Crippen molar-refractivity contribution >= 4 is 12.2 Å². The van der Waals surface area contributed by atoms with E-state index in [1.54, 1.807) is 0 Å². The summed E-state index contributed by atoms with van der Waals surface area (Å²) in [5.41, 5.74) is -0.347. The summed E-state index contributed by atoms with van der Waals surface area (Å²) in [7, 11) is 0. The van der Waals surface area contributed by atoms with Gasteiger partial charge in [0, 0.05) is 0 Å². The zero-order valence-electron chi connectivity index (χ0n) is 2.72. The minimum absolute atomic E-state index is 0. The maximum absolute atomic E-state index is 9.52. The van der Waals surface area contributed by atoms with Gasteiger partial charge in [-0.05, 0) is 12.2 Å². The molecule has 0 bridgehead atoms. The third-order valence-electron chi connectivity index (χ3n) is 0.310. The molecule has 1 aromatic heterocycles. The molecule has 0 aliphatic rings. The van der Waals surface area contributed by atoms with Crippen molar-refractivity contribution in [2.45, 2.75) is 0 Å². The average molecular weight is 106 g/mol. The van der Waals surface area contributed by atoms with Gasteiger partial charge in [0.2, 0.25) is 0 Å². The summed E-state index contributed by atoms with van der Waals surface area (Å²) in [6.45, 7) is 0. The molecule has 0 saturated carbocycles. The molecule has 4 heteroatoms. The Morgan fingerprint density at radius 3 is 1.83 bits per heavy atom. The Morgan fingerprint density at radius 1 is 1.67 bits per heavy atom. The van der Waals surface area contributed by atoms with Crippen LogP contribution in [0, 0.1) is 4.71 Å². The summed E-state index contributed by atoms with van der Waals surface area (Å²) < 4.78 is 4.12. The van der Waals surface area contributed by atoms with Crippen molar-refractivity contribution in [2.75, 3.05) is 0 Å². The largest absolute Gasteiger partial charge is 0.412 e. The van der Waals surface area contributed by atoms with Gasteiger partial charge in [-0.15, -0.1) is 0 Å². The van der Waals surface area contributed by atoms with Gasteiger partial charge in [0.15, 0.2) is 0 Å². The van der Waals surface area contributed by atoms with E-state index < -0.39 is 0 Å². The van der Waals surface area contributed by atoms with E-state index >= 15 is 0 Å². The van der Waals surface area contributed by atoms with E-state index in [4.69, 9.17) is 0 Å². The van der Waals surface area contributed by atoms with Crippen molar-refractivity contribution < 1.29 is 9.89 Å². The predicted molar refractivity (Wildman–Crippen MR) is 21.8 cm³/mol. The summed E-state index contributed by atoms with van der Waals surface area (Å²) in [6, 6.07) is 0. The Balaban J connectivity index is 0.000000250. The van der Waals surface area contributed by atoms with Gasteiger partial charge in [-0.3, -0.25) is 0 Å². The highest BCUT2D eigenvalue weighted by atomic mass is 32.1. The molecule has 0 saturated heterocycles. The van der Waals surface area contributed by atoms with E-state index in [9.17, 15) is 4.79 Å². The van der Waals surface area contributed by atoms with E-state index in [1.165, 1.54) is 0 Å². The minimum Gasteiger partial charge on any atom is -0.412 e. The fraction of sp³-hybridized carbons (Fsp3) is 0. The van der Waals surface area contributed by atoms with Crippen molar-refractivity contribution in [3.8, 4) is 0 Å². The van der Waals surface area contributed by atoms with Gasteiger partial charge in [0.05, 0.1) is 0 Å². The third-order valence-corrected chi connectivity index (χ3v) is 0.560. The Kier molecular flexibility index (Phi) is 1.21. The molecule has 0 aromatic carbocycles. The van der Waals surface area contributed by atoms with Gasteiger partial charge >= 0.3 is 5.63 Å². The number of rotatable bonds is 0. The topological polar surface area (TPSA) is 61.7 Å². The fourth-order valence-corrected chi connectivity index (χ4v) is 0.134. The van der Waals surface area contributed by atoms with Gasteiger partial charge < -0.3 is 9.89 Å². The molecule has 1 rings (SSSR count). The second-order valence-corrected chi connectivity index (χ2v) is 1.05. The van der Waals surface area contributed by atoms with Crippen LogP contribution in [0.4, 0.5) is 0 Å². The summed E-state index contributed by atoms with van der Waals surface area (Å²) in [5, 5.41) is 0. The van der Waals surface area contributed by atoms with Crippen molar-refractivity contribution in [3.05, 3.63) is 15.1 Å². The van der Waals surface area contributed by atoms with Crippen LogP contribution in [0.5, 0.6) is 0 Å². The molecular formula is C2H2O3S. The van der Waals surface area contributed by atoms with Crippen LogP contribution in [0.2, 0.25) is 0 Å². The van der Waals surface area contributed by atoms with Crippen LogP contribution < -0.4 is 5.63 Å². The van der Waals surface area contributed by atoms with Crippen molar-refractivity contribution in [3.63, 3.8) is 0 Å². The molecule has 0 spiro atoms. The Bertz CT molecular complexity index is 159. The molecule has 0 radical (unpaired) electrons. The predicted octanol–water partition coefficient (Wildman–Crippen LogP) is -0.580. The number of hydrogen-bond donors (Lipinski definition) is 0. The molecule has 1 aromatic rings. The van der Waals surface area contributed by atoms with Crippen LogP contribution in [0.25, 0.3) is 0 Å². The molecule has 0 unspecified atom stereocenters. The van der Waals surface area contributed by atoms with E-state index in [-0.39, 0.29) is 15.8 Å². The van der Waals surface area contributed by atoms with E-state index in [0.717, 1.165) is 0 Å². The summed E-state index contributed by atoms with van der Waals surface area (Å²) in [6.07, 6.45) is 0. The SMILES string of the molecule is O.O=c1oc1=S. The molecule has 6 heavy (non-hydrogen) atoms. The first-order valence-corrected chi connectivity index (χ1v) is 1.47. The van der Waals surface area contributed by atoms with Crippen LogP contribution in [0.3, 0.4) is 0 Å². The third kappa shape index (κ3) is 0.734. The van der Waals surface area contributed by atoms with Crippen LogP contribution >= 0.6 is 12.2 Å². The van der Waals surface area contributed by atoms with Gasteiger partial charge in [0.25, 0.3) is 4.71 Å². The summed E-state index contributed by atoms with van der Waals surface area (Å²) >= 11 is 4.20. The lowest BCUT2D eigenvalue weighted by molar-refractivity contribution is 0.663. The lowest BCUT2D eigenvalue weighted by atomic mass is 11.1. The fourth-order valence-electron chi connectivity index (χ4n) is 0.0587. The van der Waals surface area contributed by atoms with E-state index in [1.807, 2.05) is 0 Å². The van der Waals surface area contributed by atoms with Crippen molar-refractivity contribution in [1.29, 1.82) is 0 Å². The molecule has 0 atom stereocenters. The molecule has 2 N–H and O–H groups in total. The lowest BCUT2D eigenvalue weighted by Crippen LogP contribution is -1.64. The second-order valence-electron chi connectivity index (χ2n) is 0.677. The van der Waals surface area contributed by atoms with Crippen LogP contribution in [-0.2, 0) is 0 Å². The normalized spacial score (nSPS) is 8.00. The lowest BCUT2D eigenvalue weighted by Gasteiger charge is -1.14. The van der Waals surface area contributed by atoms with Crippen LogP contribution in [-0.4, -0.2) is 5.48 Å². The highest BCUT2D eigenvalue weighted by Gasteiger charge is 1.96. The molecule has 0 amide bonds. The van der Waals surface area contributed by atoms with E-state index in [0.29, 0.717) is 0 Å². The van der Waals surface area contributed by atoms with Gasteiger partial charge in [-0.2, -0.15) is 0 Å². The second kappa shape index (κ2) is 1.32.